The molecule has 0 amide bonds. The summed E-state index contributed by atoms with van der Waals surface area (Å²) < 4.78 is 68.8. The second-order valence-corrected chi connectivity index (χ2v) is 3.76. The van der Waals surface area contributed by atoms with Crippen LogP contribution in [0.3, 0.4) is 0 Å². The third kappa shape index (κ3) is 3.90. The lowest BCUT2D eigenvalue weighted by Crippen LogP contribution is -2.33. The first-order valence-electron chi connectivity index (χ1n) is 5.38. The maximum absolute atomic E-state index is 13.4. The van der Waals surface area contributed by atoms with E-state index in [2.05, 4.69) is 4.74 Å². The quantitative estimate of drug-likeness (QED) is 0.624. The van der Waals surface area contributed by atoms with E-state index in [0.717, 1.165) is 12.1 Å². The summed E-state index contributed by atoms with van der Waals surface area (Å²) in [7, 11) is 0. The fourth-order valence-electron chi connectivity index (χ4n) is 1.50. The van der Waals surface area contributed by atoms with Crippen LogP contribution in [-0.2, 0) is 22.1 Å². The molecular weight excluding hydrogens is 271 g/mol. The minimum atomic E-state index is -4.75. The van der Waals surface area contributed by atoms with E-state index >= 15 is 0 Å². The normalized spacial score (nSPS) is 12.3. The van der Waals surface area contributed by atoms with Crippen molar-refractivity contribution >= 4 is 5.97 Å². The van der Waals surface area contributed by atoms with Crippen molar-refractivity contribution in [1.82, 2.24) is 0 Å². The Hall–Kier alpha value is -1.66. The molecule has 0 aliphatic carbocycles. The van der Waals surface area contributed by atoms with Gasteiger partial charge >= 0.3 is 18.1 Å². The van der Waals surface area contributed by atoms with Gasteiger partial charge in [0.1, 0.15) is 0 Å². The number of rotatable bonds is 4. The van der Waals surface area contributed by atoms with Crippen LogP contribution in [0.4, 0.5) is 22.0 Å². The molecule has 1 aromatic rings. The molecule has 0 fully saturated rings. The summed E-state index contributed by atoms with van der Waals surface area (Å²) in [4.78, 5) is 11.0. The molecule has 0 aliphatic rings. The predicted octanol–water partition coefficient (Wildman–Crippen LogP) is 3.45. The van der Waals surface area contributed by atoms with E-state index in [0.29, 0.717) is 6.07 Å². The molecule has 106 valence electrons. The second-order valence-electron chi connectivity index (χ2n) is 3.76. The van der Waals surface area contributed by atoms with Gasteiger partial charge in [-0.2, -0.15) is 22.0 Å². The molecule has 0 atom stereocenters. The number of ether oxygens (including phenoxy) is 1. The number of alkyl halides is 5. The lowest BCUT2D eigenvalue weighted by atomic mass is 10.0. The van der Waals surface area contributed by atoms with Crippen LogP contribution in [-0.4, -0.2) is 18.5 Å². The van der Waals surface area contributed by atoms with Crippen molar-refractivity contribution in [3.05, 3.63) is 35.4 Å². The molecule has 19 heavy (non-hydrogen) atoms. The zero-order valence-electron chi connectivity index (χ0n) is 9.93. The predicted molar refractivity (Wildman–Crippen MR) is 56.7 cm³/mol. The molecule has 0 saturated heterocycles. The van der Waals surface area contributed by atoms with E-state index in [-0.39, 0.29) is 6.61 Å². The van der Waals surface area contributed by atoms with Gasteiger partial charge in [-0.25, -0.2) is 4.79 Å². The van der Waals surface area contributed by atoms with E-state index in [1.54, 1.807) is 0 Å². The molecular formula is C12H11F5O2. The van der Waals surface area contributed by atoms with E-state index in [4.69, 9.17) is 0 Å². The molecule has 0 spiro atoms. The summed E-state index contributed by atoms with van der Waals surface area (Å²) in [6, 6.07) is 3.90. The number of benzene rings is 1. The van der Waals surface area contributed by atoms with E-state index in [1.807, 2.05) is 0 Å². The Morgan fingerprint density at radius 3 is 2.26 bits per heavy atom. The highest BCUT2D eigenvalue weighted by molar-refractivity contribution is 5.78. The molecule has 0 bridgehead atoms. The highest BCUT2D eigenvalue weighted by atomic mass is 19.4. The van der Waals surface area contributed by atoms with Crippen molar-refractivity contribution in [2.75, 3.05) is 6.61 Å². The number of hydrogen-bond acceptors (Lipinski definition) is 2. The van der Waals surface area contributed by atoms with Gasteiger partial charge < -0.3 is 4.74 Å². The first kappa shape index (κ1) is 15.4. The van der Waals surface area contributed by atoms with Crippen LogP contribution in [0.25, 0.3) is 0 Å². The standard InChI is InChI=1S/C12H11F5O2/c1-2-19-10(18)11(13,14)7-8-5-3-4-6-9(8)12(15,16)17/h3-6H,2,7H2,1H3. The van der Waals surface area contributed by atoms with Crippen LogP contribution in [0.2, 0.25) is 0 Å². The Bertz CT molecular complexity index is 454. The zero-order valence-corrected chi connectivity index (χ0v) is 9.93. The van der Waals surface area contributed by atoms with Gasteiger partial charge in [0.05, 0.1) is 12.2 Å². The van der Waals surface area contributed by atoms with Crippen LogP contribution >= 0.6 is 0 Å². The maximum Gasteiger partial charge on any atom is 0.416 e. The van der Waals surface area contributed by atoms with Crippen LogP contribution in [0, 0.1) is 0 Å². The van der Waals surface area contributed by atoms with Crippen molar-refractivity contribution in [3.8, 4) is 0 Å². The Morgan fingerprint density at radius 1 is 1.16 bits per heavy atom. The second kappa shape index (κ2) is 5.54. The monoisotopic (exact) mass is 282 g/mol. The largest absolute Gasteiger partial charge is 0.462 e. The molecule has 0 N–H and O–H groups in total. The van der Waals surface area contributed by atoms with Crippen LogP contribution in [0.5, 0.6) is 0 Å². The maximum atomic E-state index is 13.4. The molecule has 0 aromatic heterocycles. The van der Waals surface area contributed by atoms with Gasteiger partial charge in [-0.3, -0.25) is 0 Å². The van der Waals surface area contributed by atoms with E-state index in [9.17, 15) is 26.7 Å². The van der Waals surface area contributed by atoms with Gasteiger partial charge in [-0.1, -0.05) is 18.2 Å². The van der Waals surface area contributed by atoms with Gasteiger partial charge in [0.15, 0.2) is 0 Å². The fourth-order valence-corrected chi connectivity index (χ4v) is 1.50. The van der Waals surface area contributed by atoms with Crippen molar-refractivity contribution in [3.63, 3.8) is 0 Å². The smallest absolute Gasteiger partial charge is 0.416 e. The number of carbonyl (C=O) groups is 1. The number of hydrogen-bond donors (Lipinski definition) is 0. The van der Waals surface area contributed by atoms with Crippen LogP contribution < -0.4 is 0 Å². The molecule has 7 heteroatoms. The molecule has 1 rings (SSSR count). The van der Waals surface area contributed by atoms with Crippen molar-refractivity contribution < 1.29 is 31.5 Å². The first-order valence-corrected chi connectivity index (χ1v) is 5.38. The highest BCUT2D eigenvalue weighted by Gasteiger charge is 2.43. The lowest BCUT2D eigenvalue weighted by molar-refractivity contribution is -0.171. The van der Waals surface area contributed by atoms with Gasteiger partial charge in [0.25, 0.3) is 0 Å². The lowest BCUT2D eigenvalue weighted by Gasteiger charge is -2.17. The molecule has 0 saturated carbocycles. The summed E-state index contributed by atoms with van der Waals surface area (Å²) >= 11 is 0. The first-order chi connectivity index (χ1) is 8.68. The molecule has 1 aromatic carbocycles. The van der Waals surface area contributed by atoms with Crippen LogP contribution in [0.1, 0.15) is 18.1 Å². The third-order valence-corrected chi connectivity index (χ3v) is 2.31. The van der Waals surface area contributed by atoms with E-state index < -0.39 is 35.6 Å². The number of esters is 1. The van der Waals surface area contributed by atoms with Crippen LogP contribution in [0.15, 0.2) is 24.3 Å². The van der Waals surface area contributed by atoms with Crippen molar-refractivity contribution in [1.29, 1.82) is 0 Å². The summed E-state index contributed by atoms with van der Waals surface area (Å²) in [5.74, 6) is -5.82. The van der Waals surface area contributed by atoms with Crippen molar-refractivity contribution in [2.24, 2.45) is 0 Å². The third-order valence-electron chi connectivity index (χ3n) is 2.31. The summed E-state index contributed by atoms with van der Waals surface area (Å²) in [6.07, 6.45) is -6.09. The number of halogens is 5. The Balaban J connectivity index is 3.03. The Kier molecular flexibility index (Phi) is 4.49. The minimum Gasteiger partial charge on any atom is -0.462 e. The summed E-state index contributed by atoms with van der Waals surface area (Å²) in [5.41, 5.74) is -1.83. The fraction of sp³-hybridized carbons (Fsp3) is 0.417. The SMILES string of the molecule is CCOC(=O)C(F)(F)Cc1ccccc1C(F)(F)F. The molecule has 0 heterocycles. The highest BCUT2D eigenvalue weighted by Crippen LogP contribution is 2.34. The topological polar surface area (TPSA) is 26.3 Å². The number of carbonyl (C=O) groups excluding carboxylic acids is 1. The zero-order chi connectivity index (χ0) is 14.7. The van der Waals surface area contributed by atoms with Gasteiger partial charge in [-0.05, 0) is 18.6 Å². The van der Waals surface area contributed by atoms with Gasteiger partial charge in [0, 0.05) is 6.42 Å². The Morgan fingerprint density at radius 2 is 1.74 bits per heavy atom. The molecule has 0 radical (unpaired) electrons. The average molecular weight is 282 g/mol. The molecule has 0 aliphatic heterocycles. The molecule has 0 unspecified atom stereocenters. The van der Waals surface area contributed by atoms with Crippen molar-refractivity contribution in [2.45, 2.75) is 25.4 Å². The van der Waals surface area contributed by atoms with Gasteiger partial charge in [-0.15, -0.1) is 0 Å². The summed E-state index contributed by atoms with van der Waals surface area (Å²) in [5, 5.41) is 0. The molecule has 2 nitrogen and oxygen atoms in total. The Labute approximate surface area is 106 Å². The minimum absolute atomic E-state index is 0.269. The van der Waals surface area contributed by atoms with E-state index in [1.165, 1.54) is 13.0 Å². The summed E-state index contributed by atoms with van der Waals surface area (Å²) in [6.45, 7) is 1.06. The van der Waals surface area contributed by atoms with Gasteiger partial charge in [0.2, 0.25) is 0 Å². The average Bonchev–Trinajstić information content (AvgIpc) is 2.28.